The van der Waals surface area contributed by atoms with Gasteiger partial charge in [-0.05, 0) is 50.5 Å². The number of benzene rings is 1. The highest BCUT2D eigenvalue weighted by Gasteiger charge is 2.29. The Labute approximate surface area is 152 Å². The number of rotatable bonds is 4. The van der Waals surface area contributed by atoms with Crippen molar-refractivity contribution in [3.63, 3.8) is 0 Å². The second-order valence-electron chi connectivity index (χ2n) is 6.53. The molecule has 1 heterocycles. The van der Waals surface area contributed by atoms with Crippen molar-refractivity contribution in [2.75, 3.05) is 20.1 Å². The lowest BCUT2D eigenvalue weighted by molar-refractivity contribution is -0.139. The first-order chi connectivity index (χ1) is 11.4. The lowest BCUT2D eigenvalue weighted by Gasteiger charge is -2.33. The lowest BCUT2D eigenvalue weighted by Crippen LogP contribution is -2.44. The van der Waals surface area contributed by atoms with E-state index in [-0.39, 0.29) is 23.8 Å². The molecule has 24 heavy (non-hydrogen) atoms. The van der Waals surface area contributed by atoms with Crippen LogP contribution in [0.15, 0.2) is 34.8 Å². The van der Waals surface area contributed by atoms with E-state index in [1.54, 1.807) is 11.0 Å². The second kappa shape index (κ2) is 8.47. The number of nitrogens with zero attached hydrogens (tertiary/aromatic N) is 2. The van der Waals surface area contributed by atoms with Crippen LogP contribution in [-0.2, 0) is 9.59 Å². The van der Waals surface area contributed by atoms with Gasteiger partial charge in [0.25, 0.3) is 0 Å². The highest BCUT2D eigenvalue weighted by molar-refractivity contribution is 9.10. The van der Waals surface area contributed by atoms with E-state index in [1.807, 2.05) is 56.1 Å². The molecule has 4 nitrogen and oxygen atoms in total. The van der Waals surface area contributed by atoms with E-state index in [2.05, 4.69) is 15.9 Å². The van der Waals surface area contributed by atoms with Gasteiger partial charge in [0.05, 0.1) is 0 Å². The zero-order chi connectivity index (χ0) is 17.7. The highest BCUT2D eigenvalue weighted by Crippen LogP contribution is 2.20. The quantitative estimate of drug-likeness (QED) is 0.734. The summed E-state index contributed by atoms with van der Waals surface area (Å²) in [5.41, 5.74) is 0.996. The van der Waals surface area contributed by atoms with E-state index in [1.165, 1.54) is 0 Å². The third-order valence-corrected chi connectivity index (χ3v) is 5.10. The van der Waals surface area contributed by atoms with Crippen LogP contribution in [0, 0.1) is 5.92 Å². The van der Waals surface area contributed by atoms with Crippen molar-refractivity contribution in [3.05, 3.63) is 40.4 Å². The van der Waals surface area contributed by atoms with Gasteiger partial charge in [0.2, 0.25) is 11.8 Å². The number of halogens is 1. The van der Waals surface area contributed by atoms with Crippen molar-refractivity contribution in [2.24, 2.45) is 5.92 Å². The van der Waals surface area contributed by atoms with Crippen molar-refractivity contribution >= 4 is 33.8 Å². The Morgan fingerprint density at radius 3 is 2.33 bits per heavy atom. The molecule has 1 saturated heterocycles. The monoisotopic (exact) mass is 392 g/mol. The minimum absolute atomic E-state index is 0.0148. The van der Waals surface area contributed by atoms with Crippen LogP contribution in [0.3, 0.4) is 0 Å². The molecule has 0 spiro atoms. The average molecular weight is 393 g/mol. The Hall–Kier alpha value is -1.62. The van der Waals surface area contributed by atoms with Gasteiger partial charge in [-0.15, -0.1) is 0 Å². The average Bonchev–Trinajstić information content (AvgIpc) is 2.59. The SMILES string of the molecule is CC(C)N(C)C(=O)C1CCN(C(=O)/C=C/c2ccc(Br)cc2)CC1. The number of hydrogen-bond acceptors (Lipinski definition) is 2. The summed E-state index contributed by atoms with van der Waals surface area (Å²) in [6.07, 6.45) is 4.94. The molecule has 0 saturated carbocycles. The fourth-order valence-electron chi connectivity index (χ4n) is 2.74. The maximum absolute atomic E-state index is 12.4. The molecule has 2 rings (SSSR count). The van der Waals surface area contributed by atoms with E-state index in [0.717, 1.165) is 22.9 Å². The van der Waals surface area contributed by atoms with Gasteiger partial charge >= 0.3 is 0 Å². The third kappa shape index (κ3) is 4.94. The maximum atomic E-state index is 12.4. The van der Waals surface area contributed by atoms with Crippen LogP contribution in [0.25, 0.3) is 6.08 Å². The van der Waals surface area contributed by atoms with Crippen molar-refractivity contribution in [1.29, 1.82) is 0 Å². The van der Waals surface area contributed by atoms with E-state index in [4.69, 9.17) is 0 Å². The molecule has 5 heteroatoms. The maximum Gasteiger partial charge on any atom is 0.246 e. The summed E-state index contributed by atoms with van der Waals surface area (Å²) in [6.45, 7) is 5.32. The minimum atomic E-state index is 0.0148. The molecular weight excluding hydrogens is 368 g/mol. The predicted octanol–water partition coefficient (Wildman–Crippen LogP) is 3.57. The fourth-order valence-corrected chi connectivity index (χ4v) is 3.00. The molecule has 2 amide bonds. The largest absolute Gasteiger partial charge is 0.343 e. The number of amides is 2. The highest BCUT2D eigenvalue weighted by atomic mass is 79.9. The summed E-state index contributed by atoms with van der Waals surface area (Å²) in [4.78, 5) is 28.3. The molecule has 0 N–H and O–H groups in total. The van der Waals surface area contributed by atoms with Gasteiger partial charge in [0.15, 0.2) is 0 Å². The van der Waals surface area contributed by atoms with Gasteiger partial charge in [-0.2, -0.15) is 0 Å². The molecule has 0 aliphatic carbocycles. The second-order valence-corrected chi connectivity index (χ2v) is 7.44. The summed E-state index contributed by atoms with van der Waals surface area (Å²) < 4.78 is 1.02. The van der Waals surface area contributed by atoms with Crippen LogP contribution >= 0.6 is 15.9 Å². The third-order valence-electron chi connectivity index (χ3n) is 4.57. The molecular formula is C19H25BrN2O2. The lowest BCUT2D eigenvalue weighted by atomic mass is 9.95. The van der Waals surface area contributed by atoms with Gasteiger partial charge in [-0.25, -0.2) is 0 Å². The van der Waals surface area contributed by atoms with Gasteiger partial charge in [-0.1, -0.05) is 28.1 Å². The van der Waals surface area contributed by atoms with Gasteiger partial charge in [0.1, 0.15) is 0 Å². The molecule has 130 valence electrons. The summed E-state index contributed by atoms with van der Waals surface area (Å²) in [7, 11) is 1.85. The zero-order valence-electron chi connectivity index (χ0n) is 14.5. The molecule has 0 bridgehead atoms. The first-order valence-corrected chi connectivity index (χ1v) is 9.17. The number of piperidine rings is 1. The number of carbonyl (C=O) groups is 2. The number of carbonyl (C=O) groups excluding carboxylic acids is 2. The van der Waals surface area contributed by atoms with E-state index < -0.39 is 0 Å². The van der Waals surface area contributed by atoms with E-state index in [0.29, 0.717) is 13.1 Å². The Kier molecular flexibility index (Phi) is 6.60. The molecule has 1 aliphatic heterocycles. The Morgan fingerprint density at radius 1 is 1.21 bits per heavy atom. The molecule has 0 radical (unpaired) electrons. The number of hydrogen-bond donors (Lipinski definition) is 0. The van der Waals surface area contributed by atoms with Crippen LogP contribution in [0.1, 0.15) is 32.3 Å². The van der Waals surface area contributed by atoms with E-state index in [9.17, 15) is 9.59 Å². The fraction of sp³-hybridized carbons (Fsp3) is 0.474. The molecule has 0 atom stereocenters. The smallest absolute Gasteiger partial charge is 0.246 e. The van der Waals surface area contributed by atoms with Crippen molar-refractivity contribution in [2.45, 2.75) is 32.7 Å². The Bertz CT molecular complexity index is 602. The first kappa shape index (κ1) is 18.7. The van der Waals surface area contributed by atoms with Crippen LogP contribution in [0.4, 0.5) is 0 Å². The molecule has 1 aliphatic rings. The van der Waals surface area contributed by atoms with Gasteiger partial charge in [0, 0.05) is 42.6 Å². The van der Waals surface area contributed by atoms with Crippen molar-refractivity contribution in [1.82, 2.24) is 9.80 Å². The molecule has 1 aromatic rings. The first-order valence-electron chi connectivity index (χ1n) is 8.37. The Morgan fingerprint density at radius 2 is 1.79 bits per heavy atom. The van der Waals surface area contributed by atoms with Crippen molar-refractivity contribution < 1.29 is 9.59 Å². The molecule has 1 aromatic carbocycles. The van der Waals surface area contributed by atoms with E-state index >= 15 is 0 Å². The van der Waals surface area contributed by atoms with Crippen LogP contribution in [-0.4, -0.2) is 47.8 Å². The number of likely N-dealkylation sites (tertiary alicyclic amines) is 1. The van der Waals surface area contributed by atoms with Gasteiger partial charge in [-0.3, -0.25) is 9.59 Å². The summed E-state index contributed by atoms with van der Waals surface area (Å²) in [6, 6.07) is 8.03. The molecule has 1 fully saturated rings. The zero-order valence-corrected chi connectivity index (χ0v) is 16.1. The molecule has 0 unspecified atom stereocenters. The van der Waals surface area contributed by atoms with Crippen LogP contribution in [0.2, 0.25) is 0 Å². The summed E-state index contributed by atoms with van der Waals surface area (Å²) >= 11 is 3.39. The predicted molar refractivity (Wildman–Crippen MR) is 100 cm³/mol. The minimum Gasteiger partial charge on any atom is -0.343 e. The molecule has 0 aromatic heterocycles. The normalized spacial score (nSPS) is 16.0. The van der Waals surface area contributed by atoms with Crippen LogP contribution < -0.4 is 0 Å². The van der Waals surface area contributed by atoms with Crippen molar-refractivity contribution in [3.8, 4) is 0 Å². The van der Waals surface area contributed by atoms with Gasteiger partial charge < -0.3 is 9.80 Å². The standard InChI is InChI=1S/C19H25BrN2O2/c1-14(2)21(3)19(24)16-10-12-22(13-11-16)18(23)9-6-15-4-7-17(20)8-5-15/h4-9,14,16H,10-13H2,1-3H3/b9-6+. The summed E-state index contributed by atoms with van der Waals surface area (Å²) in [5.74, 6) is 0.250. The Balaban J connectivity index is 1.86. The summed E-state index contributed by atoms with van der Waals surface area (Å²) in [5, 5.41) is 0. The topological polar surface area (TPSA) is 40.6 Å². The van der Waals surface area contributed by atoms with Crippen LogP contribution in [0.5, 0.6) is 0 Å².